The maximum absolute atomic E-state index is 13.4. The van der Waals surface area contributed by atoms with Gasteiger partial charge in [-0.2, -0.15) is 0 Å². The van der Waals surface area contributed by atoms with Crippen molar-refractivity contribution in [1.29, 1.82) is 0 Å². The van der Waals surface area contributed by atoms with Crippen LogP contribution in [0.1, 0.15) is 11.9 Å². The van der Waals surface area contributed by atoms with Crippen molar-refractivity contribution in [2.24, 2.45) is 0 Å². The van der Waals surface area contributed by atoms with Crippen LogP contribution in [0.4, 0.5) is 10.1 Å². The van der Waals surface area contributed by atoms with Crippen molar-refractivity contribution >= 4 is 16.7 Å². The number of non-ortho nitro benzene ring substituents is 1. The summed E-state index contributed by atoms with van der Waals surface area (Å²) in [5.41, 5.74) is -1.43. The Morgan fingerprint density at radius 1 is 1.30 bits per heavy atom. The number of halogens is 1. The summed E-state index contributed by atoms with van der Waals surface area (Å²) >= 11 is 0. The van der Waals surface area contributed by atoms with E-state index < -0.39 is 28.1 Å². The average Bonchev–Trinajstić information content (AvgIpc) is 2.92. The van der Waals surface area contributed by atoms with Gasteiger partial charge in [0.05, 0.1) is 35.2 Å². The second-order valence-corrected chi connectivity index (χ2v) is 4.15. The number of hydrogen-bond acceptors (Lipinski definition) is 6. The van der Waals surface area contributed by atoms with Gasteiger partial charge in [0.2, 0.25) is 11.0 Å². The molecule has 3 rings (SSSR count). The molecule has 0 N–H and O–H groups in total. The van der Waals surface area contributed by atoms with E-state index in [2.05, 4.69) is 0 Å². The van der Waals surface area contributed by atoms with Gasteiger partial charge in [-0.05, 0) is 6.07 Å². The van der Waals surface area contributed by atoms with Crippen LogP contribution in [0.3, 0.4) is 0 Å². The fourth-order valence-corrected chi connectivity index (χ4v) is 2.04. The Kier molecular flexibility index (Phi) is 2.96. The molecule has 0 atom stereocenters. The number of nitrogens with zero attached hydrogens (tertiary/aromatic N) is 1. The molecule has 2 heterocycles. The van der Waals surface area contributed by atoms with Crippen LogP contribution < -0.4 is 5.43 Å². The van der Waals surface area contributed by atoms with Gasteiger partial charge in [0.25, 0.3) is 0 Å². The van der Waals surface area contributed by atoms with Gasteiger partial charge in [0, 0.05) is 0 Å². The van der Waals surface area contributed by atoms with Gasteiger partial charge in [-0.1, -0.05) is 0 Å². The molecule has 20 heavy (non-hydrogen) atoms. The Balaban J connectivity index is 2.27. The minimum Gasteiger partial charge on any atom is -0.456 e. The second kappa shape index (κ2) is 4.66. The molecule has 1 aliphatic heterocycles. The first kappa shape index (κ1) is 12.7. The largest absolute Gasteiger partial charge is 0.456 e. The molecule has 2 aromatic rings. The highest BCUT2D eigenvalue weighted by Gasteiger charge is 2.26. The normalized spacial score (nSPS) is 15.8. The van der Waals surface area contributed by atoms with Gasteiger partial charge in [-0.25, -0.2) is 4.39 Å². The number of fused-ring (bicyclic) bond motifs is 1. The van der Waals surface area contributed by atoms with Gasteiger partial charge in [-0.15, -0.1) is 0 Å². The molecule has 0 amide bonds. The first-order valence-corrected chi connectivity index (χ1v) is 5.70. The van der Waals surface area contributed by atoms with E-state index in [4.69, 9.17) is 13.9 Å². The van der Waals surface area contributed by atoms with Crippen LogP contribution in [0.15, 0.2) is 27.6 Å². The van der Waals surface area contributed by atoms with Gasteiger partial charge >= 0.3 is 5.69 Å². The molecule has 0 aliphatic carbocycles. The predicted molar refractivity (Wildman–Crippen MR) is 63.7 cm³/mol. The zero-order chi connectivity index (χ0) is 14.3. The third kappa shape index (κ3) is 1.95. The van der Waals surface area contributed by atoms with E-state index in [0.717, 1.165) is 12.3 Å². The maximum Gasteiger partial charge on any atom is 0.315 e. The topological polar surface area (TPSA) is 91.8 Å². The van der Waals surface area contributed by atoms with Crippen LogP contribution in [0, 0.1) is 15.9 Å². The lowest BCUT2D eigenvalue weighted by atomic mass is 10.1. The fourth-order valence-electron chi connectivity index (χ4n) is 2.04. The first-order valence-electron chi connectivity index (χ1n) is 5.70. The molecule has 1 aromatic carbocycles. The summed E-state index contributed by atoms with van der Waals surface area (Å²) in [5, 5.41) is 10.6. The SMILES string of the molecule is O=c1c(C2OCCO2)coc2c([N+](=O)[O-])cc(F)cc12. The van der Waals surface area contributed by atoms with Gasteiger partial charge in [0.1, 0.15) is 12.1 Å². The molecule has 0 bridgehead atoms. The summed E-state index contributed by atoms with van der Waals surface area (Å²) in [7, 11) is 0. The Bertz CT molecular complexity index is 749. The van der Waals surface area contributed by atoms with E-state index >= 15 is 0 Å². The van der Waals surface area contributed by atoms with Crippen molar-refractivity contribution in [1.82, 2.24) is 0 Å². The van der Waals surface area contributed by atoms with E-state index in [9.17, 15) is 19.3 Å². The quantitative estimate of drug-likeness (QED) is 0.616. The van der Waals surface area contributed by atoms with Crippen LogP contribution in [-0.2, 0) is 9.47 Å². The van der Waals surface area contributed by atoms with Crippen molar-refractivity contribution in [2.45, 2.75) is 6.29 Å². The second-order valence-electron chi connectivity index (χ2n) is 4.15. The van der Waals surface area contributed by atoms with E-state index in [1.165, 1.54) is 0 Å². The maximum atomic E-state index is 13.4. The van der Waals surface area contributed by atoms with E-state index in [-0.39, 0.29) is 16.5 Å². The lowest BCUT2D eigenvalue weighted by molar-refractivity contribution is -0.383. The molecule has 1 aliphatic rings. The summed E-state index contributed by atoms with van der Waals surface area (Å²) in [6, 6.07) is 1.60. The van der Waals surface area contributed by atoms with Crippen molar-refractivity contribution in [3.8, 4) is 0 Å². The predicted octanol–water partition coefficient (Wildman–Crippen LogP) is 1.89. The zero-order valence-electron chi connectivity index (χ0n) is 10.00. The number of hydrogen-bond donors (Lipinski definition) is 0. The van der Waals surface area contributed by atoms with Crippen molar-refractivity contribution in [2.75, 3.05) is 13.2 Å². The third-order valence-electron chi connectivity index (χ3n) is 2.92. The smallest absolute Gasteiger partial charge is 0.315 e. The number of benzene rings is 1. The molecule has 1 aromatic heterocycles. The highest BCUT2D eigenvalue weighted by atomic mass is 19.1. The van der Waals surface area contributed by atoms with Crippen molar-refractivity contribution in [3.63, 3.8) is 0 Å². The van der Waals surface area contributed by atoms with E-state index in [0.29, 0.717) is 19.3 Å². The van der Waals surface area contributed by atoms with Crippen LogP contribution in [0.25, 0.3) is 11.0 Å². The lowest BCUT2D eigenvalue weighted by Gasteiger charge is -2.08. The van der Waals surface area contributed by atoms with Crippen molar-refractivity contribution in [3.05, 3.63) is 50.1 Å². The number of nitro groups is 1. The fraction of sp³-hybridized carbons (Fsp3) is 0.250. The molecule has 8 heteroatoms. The number of nitro benzene ring substituents is 1. The van der Waals surface area contributed by atoms with E-state index in [1.54, 1.807) is 0 Å². The third-order valence-corrected chi connectivity index (χ3v) is 2.92. The van der Waals surface area contributed by atoms with Gasteiger partial charge < -0.3 is 13.9 Å². The molecule has 1 fully saturated rings. The summed E-state index contributed by atoms with van der Waals surface area (Å²) in [5.74, 6) is -0.887. The zero-order valence-corrected chi connectivity index (χ0v) is 10.00. The Morgan fingerprint density at radius 3 is 2.65 bits per heavy atom. The molecule has 0 unspecified atom stereocenters. The summed E-state index contributed by atoms with van der Waals surface area (Å²) < 4.78 is 28.8. The first-order chi connectivity index (χ1) is 9.58. The Hall–Kier alpha value is -2.32. The molecule has 0 radical (unpaired) electrons. The van der Waals surface area contributed by atoms with Crippen LogP contribution in [0.2, 0.25) is 0 Å². The highest BCUT2D eigenvalue weighted by molar-refractivity contribution is 5.85. The molecule has 104 valence electrons. The molecule has 7 nitrogen and oxygen atoms in total. The average molecular weight is 281 g/mol. The van der Waals surface area contributed by atoms with Crippen LogP contribution >= 0.6 is 0 Å². The Morgan fingerprint density at radius 2 is 2.00 bits per heavy atom. The number of ether oxygens (including phenoxy) is 2. The monoisotopic (exact) mass is 281 g/mol. The molecule has 1 saturated heterocycles. The summed E-state index contributed by atoms with van der Waals surface area (Å²) in [6.07, 6.45) is 0.156. The Labute approximate surface area is 110 Å². The van der Waals surface area contributed by atoms with Crippen molar-refractivity contribution < 1.29 is 23.2 Å². The highest BCUT2D eigenvalue weighted by Crippen LogP contribution is 2.28. The van der Waals surface area contributed by atoms with E-state index in [1.807, 2.05) is 0 Å². The molecule has 0 spiro atoms. The summed E-state index contributed by atoms with van der Waals surface area (Å²) in [6.45, 7) is 0.650. The molecule has 0 saturated carbocycles. The van der Waals surface area contributed by atoms with Crippen LogP contribution in [-0.4, -0.2) is 18.1 Å². The minimum absolute atomic E-state index is 0.0508. The number of rotatable bonds is 2. The standard InChI is InChI=1S/C12H8FNO6/c13-6-3-7-10(15)8(12-18-1-2-19-12)5-20-11(7)9(4-6)14(16)17/h3-5,12H,1-2H2. The summed E-state index contributed by atoms with van der Waals surface area (Å²) in [4.78, 5) is 22.3. The molecular weight excluding hydrogens is 273 g/mol. The lowest BCUT2D eigenvalue weighted by Crippen LogP contribution is -2.14. The van der Waals surface area contributed by atoms with Crippen LogP contribution in [0.5, 0.6) is 0 Å². The molecular formula is C12H8FNO6. The van der Waals surface area contributed by atoms with Gasteiger partial charge in [0.15, 0.2) is 6.29 Å². The van der Waals surface area contributed by atoms with Gasteiger partial charge in [-0.3, -0.25) is 14.9 Å². The minimum atomic E-state index is -0.891.